The summed E-state index contributed by atoms with van der Waals surface area (Å²) in [5.74, 6) is 0.462. The molecule has 1 fully saturated rings. The van der Waals surface area contributed by atoms with Crippen LogP contribution in [0.15, 0.2) is 24.3 Å². The molecule has 0 bridgehead atoms. The fourth-order valence-electron chi connectivity index (χ4n) is 2.98. The molecule has 1 aliphatic heterocycles. The number of aliphatic hydroxyl groups is 1. The second kappa shape index (κ2) is 7.04. The van der Waals surface area contributed by atoms with Gasteiger partial charge in [-0.2, -0.15) is 0 Å². The van der Waals surface area contributed by atoms with Crippen LogP contribution in [0.4, 0.5) is 0 Å². The third-order valence-corrected chi connectivity index (χ3v) is 4.21. The SMILES string of the molecule is Cc1ccccc1C(N)CCN1CCCC(CO)C1. The Kier molecular flexibility index (Phi) is 5.37. The first kappa shape index (κ1) is 14.5. The maximum Gasteiger partial charge on any atom is 0.0471 e. The van der Waals surface area contributed by atoms with Crippen molar-refractivity contribution in [1.82, 2.24) is 4.90 Å². The summed E-state index contributed by atoms with van der Waals surface area (Å²) in [6, 6.07) is 8.49. The van der Waals surface area contributed by atoms with Gasteiger partial charge in [0.1, 0.15) is 0 Å². The van der Waals surface area contributed by atoms with Gasteiger partial charge < -0.3 is 15.7 Å². The van der Waals surface area contributed by atoms with Gasteiger partial charge in [0.15, 0.2) is 0 Å². The highest BCUT2D eigenvalue weighted by atomic mass is 16.3. The van der Waals surface area contributed by atoms with Gasteiger partial charge in [0.05, 0.1) is 0 Å². The van der Waals surface area contributed by atoms with Gasteiger partial charge in [-0.25, -0.2) is 0 Å². The average molecular weight is 262 g/mol. The van der Waals surface area contributed by atoms with Crippen LogP contribution in [0.2, 0.25) is 0 Å². The molecule has 2 atom stereocenters. The summed E-state index contributed by atoms with van der Waals surface area (Å²) in [5, 5.41) is 9.25. The fraction of sp³-hybridized carbons (Fsp3) is 0.625. The first-order chi connectivity index (χ1) is 9.20. The van der Waals surface area contributed by atoms with Crippen molar-refractivity contribution in [3.05, 3.63) is 35.4 Å². The Labute approximate surface area is 116 Å². The van der Waals surface area contributed by atoms with Gasteiger partial charge in [-0.1, -0.05) is 24.3 Å². The zero-order valence-electron chi connectivity index (χ0n) is 11.9. The van der Waals surface area contributed by atoms with Gasteiger partial charge in [-0.15, -0.1) is 0 Å². The third kappa shape index (κ3) is 4.03. The lowest BCUT2D eigenvalue weighted by atomic mass is 9.97. The third-order valence-electron chi connectivity index (χ3n) is 4.21. The quantitative estimate of drug-likeness (QED) is 0.854. The van der Waals surface area contributed by atoms with E-state index >= 15 is 0 Å². The lowest BCUT2D eigenvalue weighted by Crippen LogP contribution is -2.38. The largest absolute Gasteiger partial charge is 0.396 e. The average Bonchev–Trinajstić information content (AvgIpc) is 2.45. The molecular formula is C16H26N2O. The number of aryl methyl sites for hydroxylation is 1. The van der Waals surface area contributed by atoms with Gasteiger partial charge in [-0.05, 0) is 56.3 Å². The van der Waals surface area contributed by atoms with Gasteiger partial charge in [0, 0.05) is 19.2 Å². The summed E-state index contributed by atoms with van der Waals surface area (Å²) in [6.45, 7) is 5.65. The number of hydrogen-bond donors (Lipinski definition) is 2. The van der Waals surface area contributed by atoms with E-state index in [1.54, 1.807) is 0 Å². The maximum absolute atomic E-state index is 9.25. The van der Waals surface area contributed by atoms with E-state index < -0.39 is 0 Å². The van der Waals surface area contributed by atoms with Crippen LogP contribution in [-0.2, 0) is 0 Å². The number of hydrogen-bond acceptors (Lipinski definition) is 3. The molecule has 0 radical (unpaired) electrons. The standard InChI is InChI=1S/C16H26N2O/c1-13-5-2-3-7-15(13)16(17)8-10-18-9-4-6-14(11-18)12-19/h2-3,5,7,14,16,19H,4,6,8-12,17H2,1H3. The van der Waals surface area contributed by atoms with E-state index in [9.17, 15) is 5.11 Å². The molecule has 1 aromatic carbocycles. The number of likely N-dealkylation sites (tertiary alicyclic amines) is 1. The van der Waals surface area contributed by atoms with Crippen LogP contribution in [0.3, 0.4) is 0 Å². The Morgan fingerprint density at radius 1 is 1.42 bits per heavy atom. The minimum Gasteiger partial charge on any atom is -0.396 e. The molecule has 0 spiro atoms. The number of benzene rings is 1. The highest BCUT2D eigenvalue weighted by Gasteiger charge is 2.19. The fourth-order valence-corrected chi connectivity index (χ4v) is 2.98. The molecule has 0 saturated carbocycles. The predicted octanol–water partition coefficient (Wildman–Crippen LogP) is 2.09. The molecule has 2 unspecified atom stereocenters. The first-order valence-electron chi connectivity index (χ1n) is 7.35. The Balaban J connectivity index is 1.83. The second-order valence-corrected chi connectivity index (χ2v) is 5.74. The van der Waals surface area contributed by atoms with E-state index in [-0.39, 0.29) is 6.04 Å². The molecule has 1 aromatic rings. The Hall–Kier alpha value is -0.900. The molecule has 3 nitrogen and oxygen atoms in total. The Bertz CT molecular complexity index is 394. The van der Waals surface area contributed by atoms with E-state index in [1.165, 1.54) is 17.5 Å². The molecule has 0 aromatic heterocycles. The maximum atomic E-state index is 9.25. The van der Waals surface area contributed by atoms with Crippen molar-refractivity contribution in [2.75, 3.05) is 26.2 Å². The molecule has 1 saturated heterocycles. The molecule has 19 heavy (non-hydrogen) atoms. The van der Waals surface area contributed by atoms with Crippen molar-refractivity contribution in [3.63, 3.8) is 0 Å². The van der Waals surface area contributed by atoms with Crippen molar-refractivity contribution in [2.24, 2.45) is 11.7 Å². The van der Waals surface area contributed by atoms with E-state index in [1.807, 2.05) is 0 Å². The first-order valence-corrected chi connectivity index (χ1v) is 7.35. The highest BCUT2D eigenvalue weighted by molar-refractivity contribution is 5.28. The van der Waals surface area contributed by atoms with Gasteiger partial charge in [-0.3, -0.25) is 0 Å². The Morgan fingerprint density at radius 2 is 2.21 bits per heavy atom. The van der Waals surface area contributed by atoms with E-state index in [0.717, 1.165) is 32.5 Å². The van der Waals surface area contributed by atoms with E-state index in [4.69, 9.17) is 5.73 Å². The van der Waals surface area contributed by atoms with E-state index in [0.29, 0.717) is 12.5 Å². The number of nitrogens with zero attached hydrogens (tertiary/aromatic N) is 1. The predicted molar refractivity (Wildman–Crippen MR) is 79.0 cm³/mol. The summed E-state index contributed by atoms with van der Waals surface area (Å²) in [5.41, 5.74) is 8.85. The normalized spacial score (nSPS) is 22.4. The minimum atomic E-state index is 0.121. The van der Waals surface area contributed by atoms with Crippen LogP contribution in [0, 0.1) is 12.8 Å². The van der Waals surface area contributed by atoms with Crippen LogP contribution >= 0.6 is 0 Å². The highest BCUT2D eigenvalue weighted by Crippen LogP contribution is 2.21. The zero-order chi connectivity index (χ0) is 13.7. The summed E-state index contributed by atoms with van der Waals surface area (Å²) in [4.78, 5) is 2.45. The topological polar surface area (TPSA) is 49.5 Å². The van der Waals surface area contributed by atoms with Crippen LogP contribution in [-0.4, -0.2) is 36.2 Å². The number of nitrogens with two attached hydrogens (primary N) is 1. The van der Waals surface area contributed by atoms with E-state index in [2.05, 4.69) is 36.1 Å². The molecule has 1 heterocycles. The lowest BCUT2D eigenvalue weighted by molar-refractivity contribution is 0.118. The summed E-state index contributed by atoms with van der Waals surface area (Å²) >= 11 is 0. The zero-order valence-corrected chi connectivity index (χ0v) is 11.9. The van der Waals surface area contributed by atoms with Crippen LogP contribution in [0.1, 0.15) is 36.4 Å². The van der Waals surface area contributed by atoms with Crippen molar-refractivity contribution in [1.29, 1.82) is 0 Å². The second-order valence-electron chi connectivity index (χ2n) is 5.74. The monoisotopic (exact) mass is 262 g/mol. The molecule has 3 N–H and O–H groups in total. The van der Waals surface area contributed by atoms with Crippen LogP contribution in [0.25, 0.3) is 0 Å². The number of piperidine rings is 1. The van der Waals surface area contributed by atoms with Crippen molar-refractivity contribution >= 4 is 0 Å². The molecule has 3 heteroatoms. The van der Waals surface area contributed by atoms with Crippen LogP contribution < -0.4 is 5.73 Å². The minimum absolute atomic E-state index is 0.121. The molecule has 2 rings (SSSR count). The molecular weight excluding hydrogens is 236 g/mol. The number of rotatable bonds is 5. The lowest BCUT2D eigenvalue weighted by Gasteiger charge is -2.32. The van der Waals surface area contributed by atoms with Crippen molar-refractivity contribution < 1.29 is 5.11 Å². The molecule has 0 aliphatic carbocycles. The van der Waals surface area contributed by atoms with Gasteiger partial charge in [0.2, 0.25) is 0 Å². The van der Waals surface area contributed by atoms with Crippen molar-refractivity contribution in [2.45, 2.75) is 32.2 Å². The molecule has 106 valence electrons. The Morgan fingerprint density at radius 3 is 2.95 bits per heavy atom. The van der Waals surface area contributed by atoms with Crippen LogP contribution in [0.5, 0.6) is 0 Å². The smallest absolute Gasteiger partial charge is 0.0471 e. The van der Waals surface area contributed by atoms with Gasteiger partial charge >= 0.3 is 0 Å². The summed E-state index contributed by atoms with van der Waals surface area (Å²) < 4.78 is 0. The van der Waals surface area contributed by atoms with Gasteiger partial charge in [0.25, 0.3) is 0 Å². The summed E-state index contributed by atoms with van der Waals surface area (Å²) in [6.07, 6.45) is 3.35. The molecule has 1 aliphatic rings. The number of aliphatic hydroxyl groups excluding tert-OH is 1. The molecule has 0 amide bonds. The summed E-state index contributed by atoms with van der Waals surface area (Å²) in [7, 11) is 0. The van der Waals surface area contributed by atoms with Crippen molar-refractivity contribution in [3.8, 4) is 0 Å².